The molecule has 0 saturated carbocycles. The number of amides is 1. The van der Waals surface area contributed by atoms with Gasteiger partial charge in [0.05, 0.1) is 25.9 Å². The van der Waals surface area contributed by atoms with E-state index in [0.717, 1.165) is 22.4 Å². The third-order valence-electron chi connectivity index (χ3n) is 6.94. The molecule has 220 valence electrons. The minimum atomic E-state index is -0.804. The molecule has 6 heteroatoms. The summed E-state index contributed by atoms with van der Waals surface area (Å²) in [6.45, 7) is 7.71. The minimum Gasteiger partial charge on any atom is -0.491 e. The SMILES string of the molecule is CC(C)(C)c1ccc(O[C@@H](Cc2ccc(OCCOCc3ccccc3)cc2)C(=O)N[C@@H](CO)c2ccccc2)cc1. The summed E-state index contributed by atoms with van der Waals surface area (Å²) in [4.78, 5) is 13.5. The quantitative estimate of drug-likeness (QED) is 0.172. The van der Waals surface area contributed by atoms with Gasteiger partial charge in [0, 0.05) is 6.42 Å². The van der Waals surface area contributed by atoms with Crippen molar-refractivity contribution in [3.8, 4) is 11.5 Å². The number of nitrogens with one attached hydrogen (secondary N) is 1. The fraction of sp³-hybridized carbons (Fsp3) is 0.306. The molecular weight excluding hydrogens is 526 g/mol. The van der Waals surface area contributed by atoms with Crippen LogP contribution in [0.4, 0.5) is 0 Å². The molecule has 2 N–H and O–H groups in total. The van der Waals surface area contributed by atoms with Gasteiger partial charge in [0.15, 0.2) is 6.10 Å². The third kappa shape index (κ3) is 9.47. The highest BCUT2D eigenvalue weighted by Crippen LogP contribution is 2.25. The van der Waals surface area contributed by atoms with E-state index in [1.54, 1.807) is 0 Å². The van der Waals surface area contributed by atoms with E-state index in [1.807, 2.05) is 109 Å². The molecule has 1 amide bonds. The van der Waals surface area contributed by atoms with Crippen LogP contribution in [0.5, 0.6) is 11.5 Å². The number of benzene rings is 4. The molecule has 2 atom stereocenters. The van der Waals surface area contributed by atoms with Gasteiger partial charge in [-0.2, -0.15) is 0 Å². The van der Waals surface area contributed by atoms with Gasteiger partial charge in [-0.1, -0.05) is 106 Å². The van der Waals surface area contributed by atoms with E-state index in [4.69, 9.17) is 14.2 Å². The van der Waals surface area contributed by atoms with Gasteiger partial charge in [-0.3, -0.25) is 4.79 Å². The first kappa shape index (κ1) is 30.8. The third-order valence-corrected chi connectivity index (χ3v) is 6.94. The number of rotatable bonds is 14. The highest BCUT2D eigenvalue weighted by molar-refractivity contribution is 5.82. The van der Waals surface area contributed by atoms with Gasteiger partial charge in [-0.05, 0) is 51.9 Å². The number of ether oxygens (including phenoxy) is 3. The van der Waals surface area contributed by atoms with Gasteiger partial charge in [-0.15, -0.1) is 0 Å². The van der Waals surface area contributed by atoms with Crippen LogP contribution in [0.3, 0.4) is 0 Å². The van der Waals surface area contributed by atoms with E-state index in [2.05, 4.69) is 26.1 Å². The van der Waals surface area contributed by atoms with Gasteiger partial charge in [-0.25, -0.2) is 0 Å². The van der Waals surface area contributed by atoms with Crippen molar-refractivity contribution in [2.45, 2.75) is 51.4 Å². The summed E-state index contributed by atoms with van der Waals surface area (Å²) in [7, 11) is 0. The summed E-state index contributed by atoms with van der Waals surface area (Å²) in [5, 5.41) is 13.0. The molecule has 0 fully saturated rings. The van der Waals surface area contributed by atoms with E-state index < -0.39 is 12.1 Å². The van der Waals surface area contributed by atoms with Crippen LogP contribution >= 0.6 is 0 Å². The van der Waals surface area contributed by atoms with Crippen molar-refractivity contribution in [1.82, 2.24) is 5.32 Å². The van der Waals surface area contributed by atoms with Crippen molar-refractivity contribution in [3.05, 3.63) is 131 Å². The molecule has 0 heterocycles. The van der Waals surface area contributed by atoms with Crippen LogP contribution in [0.15, 0.2) is 109 Å². The number of aliphatic hydroxyl groups is 1. The molecule has 0 saturated heterocycles. The normalized spacial score (nSPS) is 12.8. The van der Waals surface area contributed by atoms with E-state index >= 15 is 0 Å². The summed E-state index contributed by atoms with van der Waals surface area (Å²) >= 11 is 0. The largest absolute Gasteiger partial charge is 0.491 e. The molecule has 0 spiro atoms. The Morgan fingerprint density at radius 1 is 0.762 bits per heavy atom. The molecule has 0 bridgehead atoms. The molecule has 0 unspecified atom stereocenters. The molecule has 0 aliphatic rings. The average Bonchev–Trinajstić information content (AvgIpc) is 3.01. The van der Waals surface area contributed by atoms with Gasteiger partial charge in [0.2, 0.25) is 0 Å². The maximum absolute atomic E-state index is 13.5. The minimum absolute atomic E-state index is 0.0111. The Bertz CT molecular complexity index is 1350. The van der Waals surface area contributed by atoms with Gasteiger partial charge >= 0.3 is 0 Å². The lowest BCUT2D eigenvalue weighted by molar-refractivity contribution is -0.129. The Kier molecular flexibility index (Phi) is 11.2. The lowest BCUT2D eigenvalue weighted by Gasteiger charge is -2.24. The Hall–Kier alpha value is -4.13. The van der Waals surface area contributed by atoms with Crippen molar-refractivity contribution < 1.29 is 24.1 Å². The van der Waals surface area contributed by atoms with E-state index in [1.165, 1.54) is 5.56 Å². The predicted octanol–water partition coefficient (Wildman–Crippen LogP) is 6.42. The van der Waals surface area contributed by atoms with Crippen molar-refractivity contribution >= 4 is 5.91 Å². The van der Waals surface area contributed by atoms with Crippen molar-refractivity contribution in [1.29, 1.82) is 0 Å². The number of hydrogen-bond acceptors (Lipinski definition) is 5. The number of carbonyl (C=O) groups excluding carboxylic acids is 1. The lowest BCUT2D eigenvalue weighted by atomic mass is 9.87. The maximum Gasteiger partial charge on any atom is 0.261 e. The van der Waals surface area contributed by atoms with Crippen molar-refractivity contribution in [3.63, 3.8) is 0 Å². The summed E-state index contributed by atoms with van der Waals surface area (Å²) < 4.78 is 17.8. The van der Waals surface area contributed by atoms with Crippen LogP contribution in [-0.4, -0.2) is 36.9 Å². The zero-order valence-corrected chi connectivity index (χ0v) is 24.7. The standard InChI is InChI=1S/C36H41NO5/c1-36(2,3)30-16-20-32(21-17-30)42-34(35(39)37-33(25-38)29-12-8-5-9-13-29)24-27-14-18-31(19-15-27)41-23-22-40-26-28-10-6-4-7-11-28/h4-21,33-34,38H,22-26H2,1-3H3,(H,37,39)/t33-,34-/m0/s1. The van der Waals surface area contributed by atoms with Crippen LogP contribution in [0.1, 0.15) is 49.1 Å². The molecule has 4 aromatic carbocycles. The van der Waals surface area contributed by atoms with Crippen molar-refractivity contribution in [2.75, 3.05) is 19.8 Å². The summed E-state index contributed by atoms with van der Waals surface area (Å²) in [6, 6.07) is 34.4. The molecule has 0 aromatic heterocycles. The Labute approximate surface area is 249 Å². The van der Waals surface area contributed by atoms with Crippen LogP contribution in [0.25, 0.3) is 0 Å². The highest BCUT2D eigenvalue weighted by atomic mass is 16.5. The lowest BCUT2D eigenvalue weighted by Crippen LogP contribution is -2.42. The Morgan fingerprint density at radius 2 is 1.38 bits per heavy atom. The Balaban J connectivity index is 1.39. The summed E-state index contributed by atoms with van der Waals surface area (Å²) in [5.74, 6) is 1.04. The summed E-state index contributed by atoms with van der Waals surface area (Å²) in [6.07, 6.45) is -0.457. The summed E-state index contributed by atoms with van der Waals surface area (Å²) in [5.41, 5.74) is 4.07. The van der Waals surface area contributed by atoms with Crippen LogP contribution in [0, 0.1) is 0 Å². The van der Waals surface area contributed by atoms with E-state index in [9.17, 15) is 9.90 Å². The monoisotopic (exact) mass is 567 g/mol. The number of carbonyl (C=O) groups is 1. The first-order chi connectivity index (χ1) is 20.3. The molecule has 0 aliphatic heterocycles. The van der Waals surface area contributed by atoms with Crippen LogP contribution in [-0.2, 0) is 28.0 Å². The fourth-order valence-corrected chi connectivity index (χ4v) is 4.49. The first-order valence-corrected chi connectivity index (χ1v) is 14.4. The van der Waals surface area contributed by atoms with Crippen molar-refractivity contribution in [2.24, 2.45) is 0 Å². The van der Waals surface area contributed by atoms with E-state index in [-0.39, 0.29) is 17.9 Å². The zero-order valence-electron chi connectivity index (χ0n) is 24.7. The predicted molar refractivity (Wildman–Crippen MR) is 166 cm³/mol. The molecule has 0 aliphatic carbocycles. The molecule has 0 radical (unpaired) electrons. The average molecular weight is 568 g/mol. The first-order valence-electron chi connectivity index (χ1n) is 14.4. The van der Waals surface area contributed by atoms with Gasteiger partial charge in [0.1, 0.15) is 18.1 Å². The van der Waals surface area contributed by atoms with Crippen LogP contribution < -0.4 is 14.8 Å². The second kappa shape index (κ2) is 15.2. The number of hydrogen-bond donors (Lipinski definition) is 2. The van der Waals surface area contributed by atoms with Gasteiger partial charge < -0.3 is 24.6 Å². The molecule has 4 aromatic rings. The van der Waals surface area contributed by atoms with Crippen LogP contribution in [0.2, 0.25) is 0 Å². The molecular formula is C36H41NO5. The van der Waals surface area contributed by atoms with E-state index in [0.29, 0.717) is 32.0 Å². The zero-order chi connectivity index (χ0) is 29.8. The number of aliphatic hydroxyl groups excluding tert-OH is 1. The highest BCUT2D eigenvalue weighted by Gasteiger charge is 2.25. The fourth-order valence-electron chi connectivity index (χ4n) is 4.49. The molecule has 4 rings (SSSR count). The smallest absolute Gasteiger partial charge is 0.261 e. The molecule has 42 heavy (non-hydrogen) atoms. The second-order valence-electron chi connectivity index (χ2n) is 11.3. The Morgan fingerprint density at radius 3 is 2.00 bits per heavy atom. The molecule has 6 nitrogen and oxygen atoms in total. The maximum atomic E-state index is 13.5. The van der Waals surface area contributed by atoms with Gasteiger partial charge in [0.25, 0.3) is 5.91 Å². The second-order valence-corrected chi connectivity index (χ2v) is 11.3. The topological polar surface area (TPSA) is 77.0 Å².